The highest BCUT2D eigenvalue weighted by Gasteiger charge is 2.22. The molecule has 4 nitrogen and oxygen atoms in total. The summed E-state index contributed by atoms with van der Waals surface area (Å²) in [6.45, 7) is 0. The van der Waals surface area contributed by atoms with E-state index in [0.717, 1.165) is 74.7 Å². The largest absolute Gasteiger partial charge is 0.313 e. The number of aromatic nitrogens is 2. The summed E-state index contributed by atoms with van der Waals surface area (Å²) in [6, 6.07) is 61.4. The number of pyridine rings is 1. The van der Waals surface area contributed by atoms with E-state index < -0.39 is 0 Å². The van der Waals surface area contributed by atoms with Gasteiger partial charge in [0.2, 0.25) is 0 Å². The Morgan fingerprint density at radius 2 is 1.21 bits per heavy atom. The molecule has 0 aliphatic heterocycles. The standard InChI is InChI=1S/C48H34N4/c49-33-34-14-12-17-36(28-34)37-29-38(46-24-13-23-45(50-46)35-15-4-1-5-16-35)31-42(30-37)52-47-25-11-10-22-43(47)44-27-26-41(32-48(44)52)51(39-18-6-2-7-19-39)40-20-8-3-9-21-40/h1-10,12-24,26-32H,11,25H2. The third kappa shape index (κ3) is 5.75. The number of nitriles is 1. The van der Waals surface area contributed by atoms with Gasteiger partial charge in [0, 0.05) is 50.5 Å². The molecule has 0 fully saturated rings. The van der Waals surface area contributed by atoms with Crippen molar-refractivity contribution in [2.45, 2.75) is 12.8 Å². The molecule has 0 atom stereocenters. The van der Waals surface area contributed by atoms with E-state index in [1.165, 1.54) is 16.6 Å². The fourth-order valence-corrected chi connectivity index (χ4v) is 7.43. The van der Waals surface area contributed by atoms with Gasteiger partial charge in [0.15, 0.2) is 0 Å². The van der Waals surface area contributed by atoms with Crippen LogP contribution in [0.5, 0.6) is 0 Å². The molecule has 0 amide bonds. The Morgan fingerprint density at radius 3 is 1.94 bits per heavy atom. The Balaban J connectivity index is 1.29. The molecule has 1 aliphatic rings. The lowest BCUT2D eigenvalue weighted by Crippen LogP contribution is -2.10. The predicted molar refractivity (Wildman–Crippen MR) is 214 cm³/mol. The van der Waals surface area contributed by atoms with Crippen LogP contribution in [0.1, 0.15) is 23.2 Å². The molecule has 1 aliphatic carbocycles. The quantitative estimate of drug-likeness (QED) is 0.170. The topological polar surface area (TPSA) is 44.9 Å². The molecule has 2 aromatic heterocycles. The van der Waals surface area contributed by atoms with Crippen LogP contribution in [0.2, 0.25) is 0 Å². The average Bonchev–Trinajstić information content (AvgIpc) is 3.56. The Labute approximate surface area is 303 Å². The normalized spacial score (nSPS) is 12.0. The number of fused-ring (bicyclic) bond motifs is 3. The van der Waals surface area contributed by atoms with Gasteiger partial charge in [0.25, 0.3) is 0 Å². The van der Waals surface area contributed by atoms with E-state index in [4.69, 9.17) is 4.98 Å². The van der Waals surface area contributed by atoms with Gasteiger partial charge >= 0.3 is 0 Å². The zero-order valence-electron chi connectivity index (χ0n) is 28.5. The third-order valence-corrected chi connectivity index (χ3v) is 9.83. The summed E-state index contributed by atoms with van der Waals surface area (Å²) < 4.78 is 2.45. The molecule has 0 N–H and O–H groups in total. The molecule has 52 heavy (non-hydrogen) atoms. The molecule has 0 unspecified atom stereocenters. The van der Waals surface area contributed by atoms with Crippen LogP contribution in [-0.4, -0.2) is 9.55 Å². The number of para-hydroxylation sites is 2. The fraction of sp³-hybridized carbons (Fsp3) is 0.0417. The molecule has 2 heterocycles. The summed E-state index contributed by atoms with van der Waals surface area (Å²) in [5.74, 6) is 0. The van der Waals surface area contributed by atoms with Gasteiger partial charge in [-0.1, -0.05) is 103 Å². The van der Waals surface area contributed by atoms with Gasteiger partial charge in [0.1, 0.15) is 0 Å². The van der Waals surface area contributed by atoms with E-state index in [-0.39, 0.29) is 0 Å². The van der Waals surface area contributed by atoms with Crippen LogP contribution in [0.25, 0.3) is 56.3 Å². The zero-order valence-corrected chi connectivity index (χ0v) is 28.5. The molecule has 9 rings (SSSR count). The van der Waals surface area contributed by atoms with E-state index in [2.05, 4.69) is 161 Å². The van der Waals surface area contributed by atoms with Crippen molar-refractivity contribution in [1.82, 2.24) is 9.55 Å². The summed E-state index contributed by atoms with van der Waals surface area (Å²) in [5.41, 5.74) is 14.6. The highest BCUT2D eigenvalue weighted by atomic mass is 15.1. The van der Waals surface area contributed by atoms with Crippen molar-refractivity contribution in [3.05, 3.63) is 193 Å². The monoisotopic (exact) mass is 666 g/mol. The van der Waals surface area contributed by atoms with Gasteiger partial charge in [-0.15, -0.1) is 0 Å². The van der Waals surface area contributed by atoms with Crippen LogP contribution in [0, 0.1) is 11.3 Å². The minimum Gasteiger partial charge on any atom is -0.313 e. The molecule has 0 spiro atoms. The maximum atomic E-state index is 9.80. The molecule has 0 saturated heterocycles. The zero-order chi connectivity index (χ0) is 34.9. The number of benzene rings is 6. The smallest absolute Gasteiger partial charge is 0.0991 e. The lowest BCUT2D eigenvalue weighted by atomic mass is 9.98. The van der Waals surface area contributed by atoms with E-state index >= 15 is 0 Å². The summed E-state index contributed by atoms with van der Waals surface area (Å²) in [7, 11) is 0. The predicted octanol–water partition coefficient (Wildman–Crippen LogP) is 12.3. The van der Waals surface area contributed by atoms with Crippen molar-refractivity contribution < 1.29 is 0 Å². The van der Waals surface area contributed by atoms with Crippen molar-refractivity contribution in [1.29, 1.82) is 5.26 Å². The van der Waals surface area contributed by atoms with E-state index in [1.54, 1.807) is 0 Å². The molecule has 0 saturated carbocycles. The molecule has 246 valence electrons. The van der Waals surface area contributed by atoms with Gasteiger partial charge in [-0.05, 0) is 103 Å². The van der Waals surface area contributed by atoms with Gasteiger partial charge in [-0.2, -0.15) is 5.26 Å². The second-order valence-electron chi connectivity index (χ2n) is 13.1. The third-order valence-electron chi connectivity index (χ3n) is 9.83. The number of rotatable bonds is 7. The van der Waals surface area contributed by atoms with Crippen LogP contribution in [0.3, 0.4) is 0 Å². The lowest BCUT2D eigenvalue weighted by Gasteiger charge is -2.25. The van der Waals surface area contributed by atoms with E-state index in [9.17, 15) is 5.26 Å². The summed E-state index contributed by atoms with van der Waals surface area (Å²) in [5, 5.41) is 11.0. The Kier molecular flexibility index (Phi) is 8.00. The van der Waals surface area contributed by atoms with Crippen molar-refractivity contribution in [2.24, 2.45) is 0 Å². The number of allylic oxidation sites excluding steroid dienone is 1. The van der Waals surface area contributed by atoms with Crippen molar-refractivity contribution in [3.8, 4) is 45.4 Å². The van der Waals surface area contributed by atoms with Crippen molar-refractivity contribution >= 4 is 34.0 Å². The van der Waals surface area contributed by atoms with Crippen LogP contribution in [0.15, 0.2) is 176 Å². The van der Waals surface area contributed by atoms with Crippen LogP contribution in [-0.2, 0) is 6.42 Å². The molecular formula is C48H34N4. The molecule has 0 bridgehead atoms. The maximum Gasteiger partial charge on any atom is 0.0991 e. The maximum absolute atomic E-state index is 9.80. The Bertz CT molecular complexity index is 2590. The SMILES string of the molecule is N#Cc1cccc(-c2cc(-c3cccc(-c4ccccc4)n3)cc(-n3c4c(c5ccc(N(c6ccccc6)c6ccccc6)cc53)C=CCC4)c2)c1. The van der Waals surface area contributed by atoms with Crippen LogP contribution in [0.4, 0.5) is 17.1 Å². The first-order valence-corrected chi connectivity index (χ1v) is 17.7. The molecule has 4 heteroatoms. The van der Waals surface area contributed by atoms with E-state index in [0.29, 0.717) is 5.56 Å². The highest BCUT2D eigenvalue weighted by molar-refractivity contribution is 5.97. The average molecular weight is 667 g/mol. The Hall–Kier alpha value is -6.96. The summed E-state index contributed by atoms with van der Waals surface area (Å²) in [4.78, 5) is 7.50. The van der Waals surface area contributed by atoms with Gasteiger partial charge in [-0.25, -0.2) is 4.98 Å². The number of anilines is 3. The fourth-order valence-electron chi connectivity index (χ4n) is 7.43. The first-order valence-electron chi connectivity index (χ1n) is 17.7. The molecule has 0 radical (unpaired) electrons. The highest BCUT2D eigenvalue weighted by Crippen LogP contribution is 2.41. The number of nitrogens with zero attached hydrogens (tertiary/aromatic N) is 4. The second kappa shape index (κ2) is 13.4. The first-order chi connectivity index (χ1) is 25.7. The van der Waals surface area contributed by atoms with E-state index in [1.807, 2.05) is 36.4 Å². The van der Waals surface area contributed by atoms with Crippen LogP contribution >= 0.6 is 0 Å². The Morgan fingerprint density at radius 1 is 0.558 bits per heavy atom. The van der Waals surface area contributed by atoms with Crippen molar-refractivity contribution in [3.63, 3.8) is 0 Å². The minimum atomic E-state index is 0.633. The lowest BCUT2D eigenvalue weighted by molar-refractivity contribution is 0.889. The molecule has 8 aromatic rings. The molecular weight excluding hydrogens is 633 g/mol. The minimum absolute atomic E-state index is 0.633. The summed E-state index contributed by atoms with van der Waals surface area (Å²) >= 11 is 0. The van der Waals surface area contributed by atoms with Gasteiger partial charge in [-0.3, -0.25) is 0 Å². The molecule has 6 aromatic carbocycles. The number of hydrogen-bond acceptors (Lipinski definition) is 3. The first kappa shape index (κ1) is 31.1. The second-order valence-corrected chi connectivity index (χ2v) is 13.1. The van der Waals surface area contributed by atoms with Crippen molar-refractivity contribution in [2.75, 3.05) is 4.90 Å². The van der Waals surface area contributed by atoms with Gasteiger partial charge in [0.05, 0.1) is 28.5 Å². The van der Waals surface area contributed by atoms with Crippen LogP contribution < -0.4 is 4.90 Å². The summed E-state index contributed by atoms with van der Waals surface area (Å²) in [6.07, 6.45) is 6.49. The van der Waals surface area contributed by atoms with Gasteiger partial charge < -0.3 is 9.47 Å². The number of hydrogen-bond donors (Lipinski definition) is 0.